The normalized spacial score (nSPS) is 13.6. The molecular formula is C24H27P. The van der Waals surface area contributed by atoms with Crippen LogP contribution in [0.5, 0.6) is 0 Å². The van der Waals surface area contributed by atoms with Crippen molar-refractivity contribution in [2.75, 3.05) is 0 Å². The van der Waals surface area contributed by atoms with E-state index < -0.39 is 0 Å². The molecule has 0 unspecified atom stereocenters. The molecular weight excluding hydrogens is 319 g/mol. The van der Waals surface area contributed by atoms with E-state index in [-0.39, 0.29) is 18.2 Å². The van der Waals surface area contributed by atoms with Gasteiger partial charge in [0.15, 0.2) is 0 Å². The third kappa shape index (κ3) is 2.63. The molecule has 0 aliphatic carbocycles. The molecule has 0 atom stereocenters. The first-order chi connectivity index (χ1) is 11.7. The SMILES string of the molecule is CC(C)(C)P(c1ccc2ccc3cccc4ccc1c2c34)C(C)(C)C. The molecule has 25 heavy (non-hydrogen) atoms. The monoisotopic (exact) mass is 346 g/mol. The van der Waals surface area contributed by atoms with Crippen molar-refractivity contribution in [3.63, 3.8) is 0 Å². The summed E-state index contributed by atoms with van der Waals surface area (Å²) in [7, 11) is -0.315. The van der Waals surface area contributed by atoms with Gasteiger partial charge < -0.3 is 0 Å². The molecule has 0 N–H and O–H groups in total. The average Bonchev–Trinajstić information content (AvgIpc) is 2.51. The zero-order chi connectivity index (χ0) is 18.0. The van der Waals surface area contributed by atoms with E-state index in [4.69, 9.17) is 0 Å². The Morgan fingerprint density at radius 2 is 1.04 bits per heavy atom. The fourth-order valence-electron chi connectivity index (χ4n) is 4.64. The molecule has 4 aromatic carbocycles. The van der Waals surface area contributed by atoms with Gasteiger partial charge in [0, 0.05) is 0 Å². The summed E-state index contributed by atoms with van der Waals surface area (Å²) in [5.41, 5.74) is 0. The lowest BCUT2D eigenvalue weighted by atomic mass is 9.94. The van der Waals surface area contributed by atoms with Crippen LogP contribution >= 0.6 is 7.92 Å². The highest BCUT2D eigenvalue weighted by atomic mass is 31.1. The number of hydrogen-bond acceptors (Lipinski definition) is 0. The highest BCUT2D eigenvalue weighted by Gasteiger charge is 2.36. The van der Waals surface area contributed by atoms with Gasteiger partial charge in [-0.15, -0.1) is 0 Å². The fourth-order valence-corrected chi connectivity index (χ4v) is 8.75. The maximum absolute atomic E-state index is 2.41. The number of hydrogen-bond donors (Lipinski definition) is 0. The Labute approximate surface area is 152 Å². The van der Waals surface area contributed by atoms with E-state index in [0.717, 1.165) is 0 Å². The first kappa shape index (κ1) is 16.8. The van der Waals surface area contributed by atoms with E-state index in [9.17, 15) is 0 Å². The molecule has 4 rings (SSSR count). The van der Waals surface area contributed by atoms with Crippen LogP contribution in [0.25, 0.3) is 32.3 Å². The average molecular weight is 346 g/mol. The molecule has 0 radical (unpaired) electrons. The lowest BCUT2D eigenvalue weighted by molar-refractivity contribution is 0.715. The van der Waals surface area contributed by atoms with Gasteiger partial charge >= 0.3 is 0 Å². The van der Waals surface area contributed by atoms with Crippen LogP contribution in [0.15, 0.2) is 54.6 Å². The van der Waals surface area contributed by atoms with E-state index in [1.54, 1.807) is 5.30 Å². The van der Waals surface area contributed by atoms with Gasteiger partial charge in [-0.2, -0.15) is 0 Å². The maximum atomic E-state index is 2.41. The van der Waals surface area contributed by atoms with Crippen LogP contribution < -0.4 is 5.30 Å². The molecule has 4 aromatic rings. The lowest BCUT2D eigenvalue weighted by Gasteiger charge is -2.42. The Bertz CT molecular complexity index is 1030. The molecule has 0 bridgehead atoms. The van der Waals surface area contributed by atoms with Crippen LogP contribution in [0.1, 0.15) is 41.5 Å². The fraction of sp³-hybridized carbons (Fsp3) is 0.333. The Morgan fingerprint density at radius 1 is 0.560 bits per heavy atom. The maximum Gasteiger partial charge on any atom is -0.00204 e. The summed E-state index contributed by atoms with van der Waals surface area (Å²) in [4.78, 5) is 0. The predicted molar refractivity (Wildman–Crippen MR) is 116 cm³/mol. The minimum absolute atomic E-state index is 0.274. The quantitative estimate of drug-likeness (QED) is 0.251. The van der Waals surface area contributed by atoms with Crippen molar-refractivity contribution in [2.45, 2.75) is 51.9 Å². The van der Waals surface area contributed by atoms with Crippen molar-refractivity contribution in [2.24, 2.45) is 0 Å². The second-order valence-electron chi connectivity index (χ2n) is 9.12. The third-order valence-corrected chi connectivity index (χ3v) is 8.64. The summed E-state index contributed by atoms with van der Waals surface area (Å²) in [5, 5.41) is 10.5. The second kappa shape index (κ2) is 5.42. The van der Waals surface area contributed by atoms with Crippen molar-refractivity contribution in [1.29, 1.82) is 0 Å². The van der Waals surface area contributed by atoms with E-state index in [0.29, 0.717) is 0 Å². The summed E-state index contributed by atoms with van der Waals surface area (Å²) >= 11 is 0. The Balaban J connectivity index is 2.15. The lowest BCUT2D eigenvalue weighted by Crippen LogP contribution is -2.31. The van der Waals surface area contributed by atoms with Crippen molar-refractivity contribution in [3.8, 4) is 0 Å². The van der Waals surface area contributed by atoms with Crippen molar-refractivity contribution >= 4 is 45.5 Å². The zero-order valence-corrected chi connectivity index (χ0v) is 17.0. The van der Waals surface area contributed by atoms with Gasteiger partial charge in [-0.05, 0) is 47.9 Å². The Hall–Kier alpha value is -1.65. The molecule has 0 heterocycles. The van der Waals surface area contributed by atoms with Crippen LogP contribution in [-0.2, 0) is 0 Å². The topological polar surface area (TPSA) is 0 Å². The molecule has 0 fully saturated rings. The van der Waals surface area contributed by atoms with E-state index in [1.165, 1.54) is 32.3 Å². The zero-order valence-electron chi connectivity index (χ0n) is 16.1. The highest BCUT2D eigenvalue weighted by molar-refractivity contribution is 7.69. The summed E-state index contributed by atoms with van der Waals surface area (Å²) < 4.78 is 0. The van der Waals surface area contributed by atoms with Gasteiger partial charge in [0.25, 0.3) is 0 Å². The van der Waals surface area contributed by atoms with Crippen LogP contribution in [-0.4, -0.2) is 10.3 Å². The minimum atomic E-state index is -0.315. The number of benzene rings is 4. The van der Waals surface area contributed by atoms with Gasteiger partial charge in [-0.25, -0.2) is 0 Å². The van der Waals surface area contributed by atoms with Crippen molar-refractivity contribution < 1.29 is 0 Å². The minimum Gasteiger partial charge on any atom is -0.0636 e. The molecule has 1 heteroatoms. The van der Waals surface area contributed by atoms with Crippen molar-refractivity contribution in [3.05, 3.63) is 54.6 Å². The van der Waals surface area contributed by atoms with Gasteiger partial charge in [0.1, 0.15) is 0 Å². The molecule has 0 saturated carbocycles. The molecule has 0 nitrogen and oxygen atoms in total. The Kier molecular flexibility index (Phi) is 3.64. The first-order valence-electron chi connectivity index (χ1n) is 9.15. The molecule has 0 aliphatic heterocycles. The van der Waals surface area contributed by atoms with Crippen LogP contribution in [0.4, 0.5) is 0 Å². The van der Waals surface area contributed by atoms with E-state index in [2.05, 4.69) is 96.1 Å². The molecule has 0 aromatic heterocycles. The summed E-state index contributed by atoms with van der Waals surface area (Å²) in [5.74, 6) is 0. The number of rotatable bonds is 1. The molecule has 0 saturated heterocycles. The van der Waals surface area contributed by atoms with Gasteiger partial charge in [-0.3, -0.25) is 0 Å². The second-order valence-corrected chi connectivity index (χ2v) is 13.0. The third-order valence-electron chi connectivity index (χ3n) is 5.09. The van der Waals surface area contributed by atoms with Crippen LogP contribution in [0.3, 0.4) is 0 Å². The standard InChI is InChI=1S/C24H27P/c1-23(2,3)25(24(4,5)6)20-15-13-18-11-10-16-8-7-9-17-12-14-19(20)22(18)21(16)17/h7-15H,1-6H3. The van der Waals surface area contributed by atoms with Crippen molar-refractivity contribution in [1.82, 2.24) is 0 Å². The highest BCUT2D eigenvalue weighted by Crippen LogP contribution is 2.59. The Morgan fingerprint density at radius 3 is 1.60 bits per heavy atom. The van der Waals surface area contributed by atoms with Gasteiger partial charge in [-0.1, -0.05) is 104 Å². The van der Waals surface area contributed by atoms with Gasteiger partial charge in [0.05, 0.1) is 0 Å². The van der Waals surface area contributed by atoms with Crippen LogP contribution in [0, 0.1) is 0 Å². The van der Waals surface area contributed by atoms with Crippen LogP contribution in [0.2, 0.25) is 0 Å². The summed E-state index contributed by atoms with van der Waals surface area (Å²) in [6, 6.07) is 20.6. The molecule has 128 valence electrons. The molecule has 0 aliphatic rings. The first-order valence-corrected chi connectivity index (χ1v) is 10.5. The van der Waals surface area contributed by atoms with E-state index >= 15 is 0 Å². The summed E-state index contributed by atoms with van der Waals surface area (Å²) in [6.07, 6.45) is 0. The van der Waals surface area contributed by atoms with Gasteiger partial charge in [0.2, 0.25) is 0 Å². The largest absolute Gasteiger partial charge is 0.0636 e. The summed E-state index contributed by atoms with van der Waals surface area (Å²) in [6.45, 7) is 14.4. The predicted octanol–water partition coefficient (Wildman–Crippen LogP) is 7.29. The molecule has 0 amide bonds. The van der Waals surface area contributed by atoms with E-state index in [1.807, 2.05) is 0 Å². The molecule has 0 spiro atoms. The smallest absolute Gasteiger partial charge is 0.00204 e.